The lowest BCUT2D eigenvalue weighted by molar-refractivity contribution is 0.215. The van der Waals surface area contributed by atoms with Crippen LogP contribution in [0.4, 0.5) is 4.39 Å². The number of aliphatic hydroxyl groups is 1. The van der Waals surface area contributed by atoms with E-state index in [0.717, 1.165) is 12.0 Å². The Labute approximate surface area is 113 Å². The van der Waals surface area contributed by atoms with Gasteiger partial charge in [0.05, 0.1) is 0 Å². The Morgan fingerprint density at radius 3 is 2.21 bits per heavy atom. The van der Waals surface area contributed by atoms with E-state index in [-0.39, 0.29) is 5.82 Å². The highest BCUT2D eigenvalue weighted by molar-refractivity contribution is 5.32. The maximum Gasteiger partial charge on any atom is 0.129 e. The Kier molecular flexibility index (Phi) is 4.33. The van der Waals surface area contributed by atoms with Crippen LogP contribution in [0.25, 0.3) is 0 Å². The molecule has 2 aromatic carbocycles. The topological polar surface area (TPSA) is 20.2 Å². The van der Waals surface area contributed by atoms with Gasteiger partial charge in [0.15, 0.2) is 0 Å². The first-order chi connectivity index (χ1) is 9.08. The van der Waals surface area contributed by atoms with Crippen molar-refractivity contribution in [1.29, 1.82) is 0 Å². The molecule has 1 nitrogen and oxygen atoms in total. The molecule has 0 aliphatic heterocycles. The molecule has 0 aliphatic rings. The van der Waals surface area contributed by atoms with Gasteiger partial charge < -0.3 is 5.11 Å². The number of rotatable bonds is 4. The Bertz CT molecular complexity index is 531. The van der Waals surface area contributed by atoms with Crippen molar-refractivity contribution in [1.82, 2.24) is 0 Å². The molecule has 100 valence electrons. The Morgan fingerprint density at radius 1 is 1.00 bits per heavy atom. The molecule has 0 heterocycles. The van der Waals surface area contributed by atoms with E-state index in [2.05, 4.69) is 13.8 Å². The number of hydrogen-bond donors (Lipinski definition) is 1. The standard InChI is InChI=1S/C17H19FO/c1-12(2)11-13-7-9-14(10-8-13)17(19)15-5-3-4-6-16(15)18/h3-10,12,17,19H,11H2,1-2H3. The van der Waals surface area contributed by atoms with Crippen LogP contribution in [0.1, 0.15) is 36.6 Å². The summed E-state index contributed by atoms with van der Waals surface area (Å²) >= 11 is 0. The third-order valence-electron chi connectivity index (χ3n) is 3.14. The van der Waals surface area contributed by atoms with Crippen molar-refractivity contribution in [2.45, 2.75) is 26.4 Å². The first kappa shape index (κ1) is 13.8. The first-order valence-electron chi connectivity index (χ1n) is 6.59. The van der Waals surface area contributed by atoms with Gasteiger partial charge in [-0.3, -0.25) is 0 Å². The highest BCUT2D eigenvalue weighted by atomic mass is 19.1. The lowest BCUT2D eigenvalue weighted by atomic mass is 9.97. The summed E-state index contributed by atoms with van der Waals surface area (Å²) in [6, 6.07) is 14.1. The lowest BCUT2D eigenvalue weighted by Gasteiger charge is -2.13. The molecule has 0 saturated carbocycles. The van der Waals surface area contributed by atoms with E-state index in [9.17, 15) is 9.50 Å². The van der Waals surface area contributed by atoms with Crippen molar-refractivity contribution in [2.75, 3.05) is 0 Å². The van der Waals surface area contributed by atoms with Crippen molar-refractivity contribution in [2.24, 2.45) is 5.92 Å². The van der Waals surface area contributed by atoms with Gasteiger partial charge in [-0.25, -0.2) is 4.39 Å². The summed E-state index contributed by atoms with van der Waals surface area (Å²) in [6.45, 7) is 4.34. The zero-order valence-electron chi connectivity index (χ0n) is 11.3. The fourth-order valence-corrected chi connectivity index (χ4v) is 2.18. The molecule has 1 atom stereocenters. The fourth-order valence-electron chi connectivity index (χ4n) is 2.18. The zero-order valence-corrected chi connectivity index (χ0v) is 11.3. The van der Waals surface area contributed by atoms with Gasteiger partial charge in [-0.15, -0.1) is 0 Å². The van der Waals surface area contributed by atoms with Crippen molar-refractivity contribution < 1.29 is 9.50 Å². The van der Waals surface area contributed by atoms with Crippen LogP contribution in [0, 0.1) is 11.7 Å². The summed E-state index contributed by atoms with van der Waals surface area (Å²) < 4.78 is 13.6. The molecule has 0 saturated heterocycles. The molecule has 1 unspecified atom stereocenters. The van der Waals surface area contributed by atoms with Crippen LogP contribution in [0.15, 0.2) is 48.5 Å². The van der Waals surface area contributed by atoms with Crippen LogP contribution in [0.2, 0.25) is 0 Å². The summed E-state index contributed by atoms with van der Waals surface area (Å²) in [6.07, 6.45) is 0.102. The molecular weight excluding hydrogens is 239 g/mol. The quantitative estimate of drug-likeness (QED) is 0.875. The molecule has 0 fully saturated rings. The van der Waals surface area contributed by atoms with Gasteiger partial charge in [-0.1, -0.05) is 56.3 Å². The highest BCUT2D eigenvalue weighted by Crippen LogP contribution is 2.24. The van der Waals surface area contributed by atoms with E-state index in [4.69, 9.17) is 0 Å². The Morgan fingerprint density at radius 2 is 1.63 bits per heavy atom. The maximum absolute atomic E-state index is 13.6. The summed E-state index contributed by atoms with van der Waals surface area (Å²) in [5.74, 6) is 0.226. The van der Waals surface area contributed by atoms with E-state index in [0.29, 0.717) is 11.5 Å². The predicted octanol–water partition coefficient (Wildman–Crippen LogP) is 4.11. The molecule has 2 rings (SSSR count). The summed E-state index contributed by atoms with van der Waals surface area (Å²) in [7, 11) is 0. The third-order valence-corrected chi connectivity index (χ3v) is 3.14. The molecule has 0 aliphatic carbocycles. The zero-order chi connectivity index (χ0) is 13.8. The first-order valence-corrected chi connectivity index (χ1v) is 6.59. The van der Waals surface area contributed by atoms with E-state index < -0.39 is 6.10 Å². The normalized spacial score (nSPS) is 12.7. The van der Waals surface area contributed by atoms with Crippen LogP contribution < -0.4 is 0 Å². The number of halogens is 1. The summed E-state index contributed by atoms with van der Waals surface area (Å²) in [5, 5.41) is 10.2. The average Bonchev–Trinajstić information content (AvgIpc) is 2.39. The van der Waals surface area contributed by atoms with Gasteiger partial charge in [-0.05, 0) is 29.5 Å². The second-order valence-corrected chi connectivity index (χ2v) is 5.26. The lowest BCUT2D eigenvalue weighted by Crippen LogP contribution is -2.03. The number of hydrogen-bond acceptors (Lipinski definition) is 1. The van der Waals surface area contributed by atoms with Gasteiger partial charge in [0, 0.05) is 5.56 Å². The minimum atomic E-state index is -0.908. The van der Waals surface area contributed by atoms with Gasteiger partial charge in [-0.2, -0.15) is 0 Å². The van der Waals surface area contributed by atoms with Crippen LogP contribution in [-0.2, 0) is 6.42 Å². The monoisotopic (exact) mass is 258 g/mol. The number of benzene rings is 2. The molecule has 2 aromatic rings. The minimum Gasteiger partial charge on any atom is -0.384 e. The highest BCUT2D eigenvalue weighted by Gasteiger charge is 2.14. The summed E-state index contributed by atoms with van der Waals surface area (Å²) in [4.78, 5) is 0. The van der Waals surface area contributed by atoms with E-state index >= 15 is 0 Å². The summed E-state index contributed by atoms with van der Waals surface area (Å²) in [5.41, 5.74) is 2.27. The van der Waals surface area contributed by atoms with Crippen LogP contribution in [0.5, 0.6) is 0 Å². The molecule has 2 heteroatoms. The SMILES string of the molecule is CC(C)Cc1ccc(C(O)c2ccccc2F)cc1. The van der Waals surface area contributed by atoms with Crippen molar-refractivity contribution in [3.8, 4) is 0 Å². The smallest absolute Gasteiger partial charge is 0.129 e. The fraction of sp³-hybridized carbons (Fsp3) is 0.294. The molecule has 0 radical (unpaired) electrons. The molecule has 0 amide bonds. The molecule has 0 aromatic heterocycles. The number of aliphatic hydroxyl groups excluding tert-OH is 1. The van der Waals surface area contributed by atoms with Gasteiger partial charge >= 0.3 is 0 Å². The molecule has 0 spiro atoms. The Balaban J connectivity index is 2.20. The second-order valence-electron chi connectivity index (χ2n) is 5.26. The van der Waals surface area contributed by atoms with Gasteiger partial charge in [0.1, 0.15) is 11.9 Å². The van der Waals surface area contributed by atoms with Crippen molar-refractivity contribution >= 4 is 0 Å². The average molecular weight is 258 g/mol. The van der Waals surface area contributed by atoms with Crippen molar-refractivity contribution in [3.63, 3.8) is 0 Å². The molecule has 0 bridgehead atoms. The largest absolute Gasteiger partial charge is 0.384 e. The predicted molar refractivity (Wildman–Crippen MR) is 75.4 cm³/mol. The minimum absolute atomic E-state index is 0.319. The van der Waals surface area contributed by atoms with E-state index in [1.807, 2.05) is 24.3 Å². The van der Waals surface area contributed by atoms with Gasteiger partial charge in [0.2, 0.25) is 0 Å². The maximum atomic E-state index is 13.6. The molecular formula is C17H19FO. The van der Waals surface area contributed by atoms with Crippen LogP contribution >= 0.6 is 0 Å². The van der Waals surface area contributed by atoms with Crippen LogP contribution in [0.3, 0.4) is 0 Å². The van der Waals surface area contributed by atoms with E-state index in [1.165, 1.54) is 11.6 Å². The Hall–Kier alpha value is -1.67. The van der Waals surface area contributed by atoms with Crippen LogP contribution in [-0.4, -0.2) is 5.11 Å². The van der Waals surface area contributed by atoms with Gasteiger partial charge in [0.25, 0.3) is 0 Å². The van der Waals surface area contributed by atoms with E-state index in [1.54, 1.807) is 18.2 Å². The second kappa shape index (κ2) is 5.98. The molecule has 19 heavy (non-hydrogen) atoms. The van der Waals surface area contributed by atoms with Crippen molar-refractivity contribution in [3.05, 3.63) is 71.0 Å². The third kappa shape index (κ3) is 3.42. The molecule has 1 N–H and O–H groups in total.